The van der Waals surface area contributed by atoms with E-state index in [1.807, 2.05) is 6.92 Å². The Balaban J connectivity index is 2.10. The molecule has 3 rings (SSSR count). The van der Waals surface area contributed by atoms with Gasteiger partial charge in [-0.3, -0.25) is 9.78 Å². The molecule has 0 spiro atoms. The quantitative estimate of drug-likeness (QED) is 0.827. The number of aromatic amines is 1. The Morgan fingerprint density at radius 2 is 2.20 bits per heavy atom. The van der Waals surface area contributed by atoms with Gasteiger partial charge in [0.15, 0.2) is 5.82 Å². The number of halogens is 1. The minimum Gasteiger partial charge on any atom is -0.321 e. The van der Waals surface area contributed by atoms with Crippen LogP contribution in [0.25, 0.3) is 11.6 Å². The molecule has 102 valence electrons. The van der Waals surface area contributed by atoms with Crippen molar-refractivity contribution in [1.29, 1.82) is 0 Å². The molecular formula is C13H11ClN4O2. The number of H-pyrrole nitrogens is 1. The largest absolute Gasteiger partial charge is 0.343 e. The number of nitrogens with zero attached hydrogens (tertiary/aromatic N) is 2. The summed E-state index contributed by atoms with van der Waals surface area (Å²) in [5, 5.41) is 7.36. The van der Waals surface area contributed by atoms with Crippen molar-refractivity contribution >= 4 is 34.8 Å². The summed E-state index contributed by atoms with van der Waals surface area (Å²) in [5.74, 6) is 0.101. The predicted octanol–water partition coefficient (Wildman–Crippen LogP) is 1.74. The molecule has 2 N–H and O–H groups in total. The van der Waals surface area contributed by atoms with Crippen molar-refractivity contribution < 1.29 is 4.79 Å². The molecule has 0 radical (unpaired) electrons. The number of anilines is 1. The fraction of sp³-hybridized carbons (Fsp3) is 0.154. The lowest BCUT2D eigenvalue weighted by Crippen LogP contribution is -2.16. The van der Waals surface area contributed by atoms with E-state index >= 15 is 0 Å². The second-order valence-electron chi connectivity index (χ2n) is 4.33. The van der Waals surface area contributed by atoms with Gasteiger partial charge in [0.2, 0.25) is 0 Å². The maximum Gasteiger partial charge on any atom is 0.343 e. The molecule has 1 amide bonds. The Labute approximate surface area is 119 Å². The normalized spacial score (nSPS) is 15.5. The molecule has 20 heavy (non-hydrogen) atoms. The molecule has 0 saturated carbocycles. The molecule has 0 unspecified atom stereocenters. The molecule has 1 aromatic carbocycles. The Bertz CT molecular complexity index is 788. The van der Waals surface area contributed by atoms with Crippen LogP contribution >= 0.6 is 11.6 Å². The highest BCUT2D eigenvalue weighted by molar-refractivity contribution is 6.36. The van der Waals surface area contributed by atoms with Gasteiger partial charge in [-0.2, -0.15) is 5.10 Å². The number of nitrogens with one attached hydrogen (secondary N) is 2. The molecule has 0 bridgehead atoms. The molecular weight excluding hydrogens is 280 g/mol. The van der Waals surface area contributed by atoms with Gasteiger partial charge >= 0.3 is 5.69 Å². The van der Waals surface area contributed by atoms with Crippen molar-refractivity contribution in [2.45, 2.75) is 13.5 Å². The number of carbonyl (C=O) groups excluding carboxylic acids is 1. The van der Waals surface area contributed by atoms with Crippen LogP contribution in [0.1, 0.15) is 18.3 Å². The van der Waals surface area contributed by atoms with Crippen LogP contribution in [0.3, 0.4) is 0 Å². The fourth-order valence-corrected chi connectivity index (χ4v) is 2.27. The van der Waals surface area contributed by atoms with Crippen molar-refractivity contribution in [1.82, 2.24) is 14.8 Å². The number of aromatic nitrogens is 3. The topological polar surface area (TPSA) is 79.8 Å². The zero-order chi connectivity index (χ0) is 14.3. The zero-order valence-corrected chi connectivity index (χ0v) is 11.4. The van der Waals surface area contributed by atoms with Crippen LogP contribution in [0.5, 0.6) is 0 Å². The van der Waals surface area contributed by atoms with Gasteiger partial charge in [-0.15, -0.1) is 0 Å². The number of fused-ring (bicyclic) bond motifs is 1. The van der Waals surface area contributed by atoms with Crippen LogP contribution in [-0.4, -0.2) is 20.7 Å². The van der Waals surface area contributed by atoms with Gasteiger partial charge in [-0.05, 0) is 31.2 Å². The SMILES string of the molecule is CCn1nc(/C=C2\C(=O)Nc3ccc(Cl)cc32)[nH]c1=O. The first-order chi connectivity index (χ1) is 9.58. The first-order valence-corrected chi connectivity index (χ1v) is 6.46. The highest BCUT2D eigenvalue weighted by Gasteiger charge is 2.24. The lowest BCUT2D eigenvalue weighted by atomic mass is 10.1. The second-order valence-corrected chi connectivity index (χ2v) is 4.77. The number of amides is 1. The molecule has 0 saturated heterocycles. The Hall–Kier alpha value is -2.34. The number of rotatable bonds is 2. The van der Waals surface area contributed by atoms with E-state index in [0.717, 1.165) is 0 Å². The summed E-state index contributed by atoms with van der Waals surface area (Å²) < 4.78 is 1.29. The lowest BCUT2D eigenvalue weighted by Gasteiger charge is -1.98. The van der Waals surface area contributed by atoms with Gasteiger partial charge in [0.1, 0.15) is 0 Å². The van der Waals surface area contributed by atoms with Crippen molar-refractivity contribution in [2.75, 3.05) is 5.32 Å². The summed E-state index contributed by atoms with van der Waals surface area (Å²) >= 11 is 5.95. The Morgan fingerprint density at radius 1 is 1.40 bits per heavy atom. The van der Waals surface area contributed by atoms with Crippen LogP contribution in [0, 0.1) is 0 Å². The maximum absolute atomic E-state index is 12.0. The summed E-state index contributed by atoms with van der Waals surface area (Å²) in [6, 6.07) is 5.15. The van der Waals surface area contributed by atoms with Crippen LogP contribution in [0.4, 0.5) is 5.69 Å². The fourth-order valence-electron chi connectivity index (χ4n) is 2.09. The van der Waals surface area contributed by atoms with E-state index in [2.05, 4.69) is 15.4 Å². The van der Waals surface area contributed by atoms with E-state index in [4.69, 9.17) is 11.6 Å². The Kier molecular flexibility index (Phi) is 2.94. The van der Waals surface area contributed by atoms with Crippen molar-refractivity contribution in [3.63, 3.8) is 0 Å². The molecule has 7 heteroatoms. The number of carbonyl (C=O) groups is 1. The number of aryl methyl sites for hydroxylation is 1. The van der Waals surface area contributed by atoms with Crippen molar-refractivity contribution in [3.05, 3.63) is 45.1 Å². The van der Waals surface area contributed by atoms with E-state index in [9.17, 15) is 9.59 Å². The summed E-state index contributed by atoms with van der Waals surface area (Å²) in [5.41, 5.74) is 1.53. The average molecular weight is 291 g/mol. The van der Waals surface area contributed by atoms with Crippen molar-refractivity contribution in [3.8, 4) is 0 Å². The smallest absolute Gasteiger partial charge is 0.321 e. The molecule has 0 atom stereocenters. The highest BCUT2D eigenvalue weighted by atomic mass is 35.5. The highest BCUT2D eigenvalue weighted by Crippen LogP contribution is 2.34. The molecule has 1 aliphatic heterocycles. The molecule has 0 aliphatic carbocycles. The first kappa shape index (κ1) is 12.7. The number of hydrogen-bond donors (Lipinski definition) is 2. The third kappa shape index (κ3) is 2.04. The van der Waals surface area contributed by atoms with E-state index in [0.29, 0.717) is 34.2 Å². The monoisotopic (exact) mass is 290 g/mol. The van der Waals surface area contributed by atoms with Crippen LogP contribution in [-0.2, 0) is 11.3 Å². The molecule has 2 aromatic rings. The average Bonchev–Trinajstić information content (AvgIpc) is 2.91. The van der Waals surface area contributed by atoms with Crippen molar-refractivity contribution in [2.24, 2.45) is 0 Å². The summed E-state index contributed by atoms with van der Waals surface area (Å²) in [7, 11) is 0. The zero-order valence-electron chi connectivity index (χ0n) is 10.6. The standard InChI is InChI=1S/C13H11ClN4O2/c1-2-18-13(20)16-11(17-18)6-9-8-5-7(14)3-4-10(8)15-12(9)19/h3-6H,2H2,1H3,(H,15,19)(H,16,17,20)/b9-6-. The van der Waals surface area contributed by atoms with E-state index in [1.54, 1.807) is 24.3 Å². The molecule has 2 heterocycles. The van der Waals surface area contributed by atoms with Gasteiger partial charge in [0, 0.05) is 22.8 Å². The second kappa shape index (κ2) is 4.64. The van der Waals surface area contributed by atoms with Gasteiger partial charge in [0.05, 0.1) is 5.57 Å². The minimum atomic E-state index is -0.302. The summed E-state index contributed by atoms with van der Waals surface area (Å²) in [6.07, 6.45) is 1.55. The van der Waals surface area contributed by atoms with Gasteiger partial charge in [0.25, 0.3) is 5.91 Å². The summed E-state index contributed by atoms with van der Waals surface area (Å²) in [6.45, 7) is 2.28. The van der Waals surface area contributed by atoms with Gasteiger partial charge in [-0.25, -0.2) is 9.48 Å². The minimum absolute atomic E-state index is 0.242. The lowest BCUT2D eigenvalue weighted by molar-refractivity contribution is -0.110. The van der Waals surface area contributed by atoms with E-state index < -0.39 is 0 Å². The molecule has 1 aromatic heterocycles. The number of hydrogen-bond acceptors (Lipinski definition) is 3. The molecule has 0 fully saturated rings. The summed E-state index contributed by atoms with van der Waals surface area (Å²) in [4.78, 5) is 26.1. The third-order valence-corrected chi connectivity index (χ3v) is 3.28. The van der Waals surface area contributed by atoms with Crippen LogP contribution in [0.2, 0.25) is 5.02 Å². The van der Waals surface area contributed by atoms with Gasteiger partial charge < -0.3 is 5.32 Å². The maximum atomic E-state index is 12.0. The van der Waals surface area contributed by atoms with E-state index in [1.165, 1.54) is 4.68 Å². The van der Waals surface area contributed by atoms with E-state index in [-0.39, 0.29) is 11.6 Å². The van der Waals surface area contributed by atoms with Gasteiger partial charge in [-0.1, -0.05) is 11.6 Å². The Morgan fingerprint density at radius 3 is 2.90 bits per heavy atom. The van der Waals surface area contributed by atoms with Crippen LogP contribution in [0.15, 0.2) is 23.0 Å². The first-order valence-electron chi connectivity index (χ1n) is 6.08. The molecule has 1 aliphatic rings. The third-order valence-electron chi connectivity index (χ3n) is 3.04. The van der Waals surface area contributed by atoms with Crippen LogP contribution < -0.4 is 11.0 Å². The number of benzene rings is 1. The molecule has 6 nitrogen and oxygen atoms in total. The predicted molar refractivity (Wildman–Crippen MR) is 76.5 cm³/mol.